The summed E-state index contributed by atoms with van der Waals surface area (Å²) in [5.74, 6) is -2.79. The molecule has 0 saturated heterocycles. The molecule has 14 nitrogen and oxygen atoms in total. The fraction of sp³-hybridized carbons (Fsp3) is 0.605. The second-order valence-electron chi connectivity index (χ2n) is 16.4. The molecule has 0 aliphatic heterocycles. The van der Waals surface area contributed by atoms with Crippen molar-refractivity contribution in [3.63, 3.8) is 0 Å². The van der Waals surface area contributed by atoms with Crippen LogP contribution in [-0.2, 0) is 56.0 Å². The van der Waals surface area contributed by atoms with Crippen molar-refractivity contribution in [3.05, 3.63) is 47.3 Å². The maximum absolute atomic E-state index is 12.8. The SMILES string of the molecule is COC(=O)c1cc(CN(CC(=O)OC(C)(C)C)CC(=O)OC(C)(C)C)nc(-c2cccc(CN(CC(=O)OC(C)(C)C)CC(=O)OC(C)(C)C)n2)c1. The summed E-state index contributed by atoms with van der Waals surface area (Å²) in [4.78, 5) is 76.6. The van der Waals surface area contributed by atoms with E-state index in [1.165, 1.54) is 24.1 Å². The van der Waals surface area contributed by atoms with Gasteiger partial charge in [0.2, 0.25) is 0 Å². The van der Waals surface area contributed by atoms with Gasteiger partial charge in [-0.15, -0.1) is 0 Å². The highest BCUT2D eigenvalue weighted by Gasteiger charge is 2.26. The zero-order valence-corrected chi connectivity index (χ0v) is 33.0. The molecule has 2 aromatic heterocycles. The molecule has 0 aliphatic rings. The Kier molecular flexibility index (Phi) is 15.0. The Bertz CT molecular complexity index is 1520. The Labute approximate surface area is 307 Å². The van der Waals surface area contributed by atoms with Crippen molar-refractivity contribution in [1.82, 2.24) is 19.8 Å². The van der Waals surface area contributed by atoms with E-state index >= 15 is 0 Å². The summed E-state index contributed by atoms with van der Waals surface area (Å²) in [6.45, 7) is 20.1. The van der Waals surface area contributed by atoms with Gasteiger partial charge in [-0.1, -0.05) is 6.07 Å². The zero-order valence-electron chi connectivity index (χ0n) is 33.0. The highest BCUT2D eigenvalue weighted by atomic mass is 16.6. The highest BCUT2D eigenvalue weighted by Crippen LogP contribution is 2.21. The summed E-state index contributed by atoms with van der Waals surface area (Å²) in [6, 6.07) is 8.20. The van der Waals surface area contributed by atoms with Gasteiger partial charge in [0.25, 0.3) is 0 Å². The van der Waals surface area contributed by atoms with E-state index in [4.69, 9.17) is 33.7 Å². The summed E-state index contributed by atoms with van der Waals surface area (Å²) in [7, 11) is 1.25. The highest BCUT2D eigenvalue weighted by molar-refractivity contribution is 5.90. The molecule has 0 unspecified atom stereocenters. The van der Waals surface area contributed by atoms with E-state index in [0.717, 1.165) is 0 Å². The van der Waals surface area contributed by atoms with Crippen LogP contribution in [0.3, 0.4) is 0 Å². The van der Waals surface area contributed by atoms with Crippen LogP contribution in [-0.4, -0.2) is 105 Å². The molecule has 0 N–H and O–H groups in total. The summed E-state index contributed by atoms with van der Waals surface area (Å²) in [6.07, 6.45) is 0. The molecule has 0 spiro atoms. The molecule has 52 heavy (non-hydrogen) atoms. The minimum Gasteiger partial charge on any atom is -0.465 e. The van der Waals surface area contributed by atoms with Crippen LogP contribution in [0.15, 0.2) is 30.3 Å². The minimum absolute atomic E-state index is 0.0322. The van der Waals surface area contributed by atoms with E-state index in [0.29, 0.717) is 22.8 Å². The number of hydrogen-bond donors (Lipinski definition) is 0. The maximum Gasteiger partial charge on any atom is 0.337 e. The van der Waals surface area contributed by atoms with Gasteiger partial charge in [-0.2, -0.15) is 0 Å². The standard InChI is InChI=1S/C38H56N4O10/c1-35(2,3)49-30(43)21-41(22-31(44)50-36(4,5)6)19-26-15-14-16-28(39-26)29-18-25(34(47)48-13)17-27(40-29)20-42(23-32(45)51-37(7,8)9)24-33(46)52-38(10,11)12/h14-18H,19-24H2,1-13H3. The molecule has 288 valence electrons. The number of aromatic nitrogens is 2. The smallest absolute Gasteiger partial charge is 0.337 e. The van der Waals surface area contributed by atoms with Crippen molar-refractivity contribution in [2.75, 3.05) is 33.3 Å². The Balaban J connectivity index is 2.51. The number of hydrogen-bond acceptors (Lipinski definition) is 14. The first-order valence-corrected chi connectivity index (χ1v) is 17.1. The number of pyridine rings is 2. The average Bonchev–Trinajstić information content (AvgIpc) is 2.92. The molecule has 2 heterocycles. The molecule has 0 amide bonds. The summed E-state index contributed by atoms with van der Waals surface area (Å²) in [5, 5.41) is 0. The first-order chi connectivity index (χ1) is 23.7. The van der Waals surface area contributed by atoms with E-state index in [1.807, 2.05) is 0 Å². The Morgan fingerprint density at radius 1 is 0.538 bits per heavy atom. The van der Waals surface area contributed by atoms with Crippen LogP contribution < -0.4 is 0 Å². The van der Waals surface area contributed by atoms with E-state index in [-0.39, 0.29) is 44.8 Å². The number of esters is 5. The van der Waals surface area contributed by atoms with Crippen LogP contribution in [0.4, 0.5) is 0 Å². The topological polar surface area (TPSA) is 164 Å². The van der Waals surface area contributed by atoms with Gasteiger partial charge < -0.3 is 23.7 Å². The van der Waals surface area contributed by atoms with Gasteiger partial charge >= 0.3 is 29.8 Å². The first-order valence-electron chi connectivity index (χ1n) is 17.1. The number of carbonyl (C=O) groups excluding carboxylic acids is 5. The summed E-state index contributed by atoms with van der Waals surface area (Å²) < 4.78 is 27.0. The quantitative estimate of drug-likeness (QED) is 0.191. The monoisotopic (exact) mass is 728 g/mol. The number of nitrogens with zero attached hydrogens (tertiary/aromatic N) is 4. The van der Waals surface area contributed by atoms with Crippen molar-refractivity contribution in [2.45, 2.75) is 119 Å². The third kappa shape index (κ3) is 17.7. The van der Waals surface area contributed by atoms with Crippen molar-refractivity contribution in [3.8, 4) is 11.4 Å². The van der Waals surface area contributed by atoms with Crippen molar-refractivity contribution in [2.24, 2.45) is 0 Å². The van der Waals surface area contributed by atoms with Gasteiger partial charge in [0.1, 0.15) is 22.4 Å². The number of methoxy groups -OCH3 is 1. The maximum atomic E-state index is 12.8. The average molecular weight is 729 g/mol. The van der Waals surface area contributed by atoms with Gasteiger partial charge in [-0.25, -0.2) is 14.8 Å². The fourth-order valence-corrected chi connectivity index (χ4v) is 4.76. The molecule has 0 atom stereocenters. The molecule has 0 aliphatic carbocycles. The van der Waals surface area contributed by atoms with Crippen LogP contribution in [0.25, 0.3) is 11.4 Å². The normalized spacial score (nSPS) is 12.4. The lowest BCUT2D eigenvalue weighted by atomic mass is 10.1. The lowest BCUT2D eigenvalue weighted by molar-refractivity contribution is -0.162. The summed E-state index contributed by atoms with van der Waals surface area (Å²) in [5.41, 5.74) is -1.27. The van der Waals surface area contributed by atoms with Crippen molar-refractivity contribution < 1.29 is 47.7 Å². The van der Waals surface area contributed by atoms with Crippen LogP contribution in [0.1, 0.15) is 105 Å². The zero-order chi connectivity index (χ0) is 39.7. The number of carbonyl (C=O) groups is 5. The Hall–Kier alpha value is -4.43. The van der Waals surface area contributed by atoms with E-state index in [9.17, 15) is 24.0 Å². The predicted molar refractivity (Wildman–Crippen MR) is 193 cm³/mol. The minimum atomic E-state index is -0.753. The van der Waals surface area contributed by atoms with Gasteiger partial charge in [0.05, 0.1) is 61.6 Å². The van der Waals surface area contributed by atoms with Crippen LogP contribution in [0.5, 0.6) is 0 Å². The molecule has 2 aromatic rings. The van der Waals surface area contributed by atoms with Crippen molar-refractivity contribution >= 4 is 29.8 Å². The Morgan fingerprint density at radius 3 is 1.27 bits per heavy atom. The first kappa shape index (κ1) is 43.7. The fourth-order valence-electron chi connectivity index (χ4n) is 4.76. The lowest BCUT2D eigenvalue weighted by Crippen LogP contribution is -2.39. The van der Waals surface area contributed by atoms with Crippen molar-refractivity contribution in [1.29, 1.82) is 0 Å². The van der Waals surface area contributed by atoms with E-state index in [2.05, 4.69) is 0 Å². The Morgan fingerprint density at radius 2 is 0.904 bits per heavy atom. The van der Waals surface area contributed by atoms with E-state index in [1.54, 1.807) is 106 Å². The lowest BCUT2D eigenvalue weighted by Gasteiger charge is -2.26. The molecule has 0 aromatic carbocycles. The molecule has 0 fully saturated rings. The molecule has 0 radical (unpaired) electrons. The molecule has 2 rings (SSSR count). The van der Waals surface area contributed by atoms with Crippen LogP contribution in [0, 0.1) is 0 Å². The van der Waals surface area contributed by atoms with Gasteiger partial charge in [-0.05, 0) is 107 Å². The molecule has 14 heteroatoms. The van der Waals surface area contributed by atoms with Crippen LogP contribution >= 0.6 is 0 Å². The van der Waals surface area contributed by atoms with E-state index < -0.39 is 52.3 Å². The summed E-state index contributed by atoms with van der Waals surface area (Å²) >= 11 is 0. The van der Waals surface area contributed by atoms with Gasteiger partial charge in [0, 0.05) is 13.1 Å². The van der Waals surface area contributed by atoms with Gasteiger partial charge in [-0.3, -0.25) is 29.0 Å². The van der Waals surface area contributed by atoms with Crippen LogP contribution in [0.2, 0.25) is 0 Å². The molecule has 0 saturated carbocycles. The number of rotatable bonds is 14. The second-order valence-corrected chi connectivity index (χ2v) is 16.4. The molecular formula is C38H56N4O10. The second kappa shape index (κ2) is 17.9. The largest absolute Gasteiger partial charge is 0.465 e. The van der Waals surface area contributed by atoms with Gasteiger partial charge in [0.15, 0.2) is 0 Å². The number of ether oxygens (including phenoxy) is 5. The predicted octanol–water partition coefficient (Wildman–Crippen LogP) is 4.90. The third-order valence-electron chi connectivity index (χ3n) is 6.23. The molecule has 0 bridgehead atoms. The third-order valence-corrected chi connectivity index (χ3v) is 6.23. The molecular weight excluding hydrogens is 672 g/mol.